The van der Waals surface area contributed by atoms with Gasteiger partial charge in [0.1, 0.15) is 6.61 Å². The Kier molecular flexibility index (Phi) is 8.02. The molecule has 0 aliphatic carbocycles. The molecule has 0 fully saturated rings. The van der Waals surface area contributed by atoms with E-state index in [0.717, 1.165) is 5.56 Å². The van der Waals surface area contributed by atoms with Crippen molar-refractivity contribution in [3.63, 3.8) is 0 Å². The molecule has 0 atom stereocenters. The third-order valence-electron chi connectivity index (χ3n) is 3.84. The summed E-state index contributed by atoms with van der Waals surface area (Å²) in [5.74, 6) is 2.58. The van der Waals surface area contributed by atoms with Crippen LogP contribution in [0.2, 0.25) is 0 Å². The molecule has 0 saturated heterocycles. The SMILES string of the molecule is COc1ccccc1OCCNC(=O)/C=C/c1cc(OC)c(OC)c(OC)c1. The summed E-state index contributed by atoms with van der Waals surface area (Å²) in [5.41, 5.74) is 0.745. The minimum Gasteiger partial charge on any atom is -0.493 e. The molecule has 0 aliphatic rings. The molecule has 0 aliphatic heterocycles. The molecule has 0 heterocycles. The molecule has 7 nitrogen and oxygen atoms in total. The first kappa shape index (κ1) is 21.0. The average Bonchev–Trinajstić information content (AvgIpc) is 2.74. The Labute approximate surface area is 164 Å². The van der Waals surface area contributed by atoms with Crippen molar-refractivity contribution in [2.45, 2.75) is 0 Å². The largest absolute Gasteiger partial charge is 0.493 e. The number of rotatable bonds is 10. The normalized spacial score (nSPS) is 10.4. The van der Waals surface area contributed by atoms with Gasteiger partial charge in [0.25, 0.3) is 0 Å². The minimum atomic E-state index is -0.239. The van der Waals surface area contributed by atoms with Crippen molar-refractivity contribution < 1.29 is 28.5 Å². The third kappa shape index (κ3) is 5.57. The molecule has 0 aromatic heterocycles. The molecule has 0 bridgehead atoms. The van der Waals surface area contributed by atoms with Crippen LogP contribution in [0.25, 0.3) is 6.08 Å². The molecule has 1 N–H and O–H groups in total. The van der Waals surface area contributed by atoms with Gasteiger partial charge in [-0.25, -0.2) is 0 Å². The van der Waals surface area contributed by atoms with Crippen molar-refractivity contribution in [3.8, 4) is 28.7 Å². The number of para-hydroxylation sites is 2. The summed E-state index contributed by atoms with van der Waals surface area (Å²) in [6, 6.07) is 10.9. The number of hydrogen-bond acceptors (Lipinski definition) is 6. The molecule has 1 amide bonds. The molecule has 2 rings (SSSR count). The predicted molar refractivity (Wildman–Crippen MR) is 107 cm³/mol. The van der Waals surface area contributed by atoms with E-state index < -0.39 is 0 Å². The summed E-state index contributed by atoms with van der Waals surface area (Å²) in [4.78, 5) is 12.0. The second-order valence-electron chi connectivity index (χ2n) is 5.58. The molecule has 0 unspecified atom stereocenters. The topological polar surface area (TPSA) is 75.3 Å². The Bertz CT molecular complexity index is 793. The molecule has 2 aromatic rings. The first-order valence-corrected chi connectivity index (χ1v) is 8.64. The number of methoxy groups -OCH3 is 4. The molecular weight excluding hydrogens is 362 g/mol. The van der Waals surface area contributed by atoms with Gasteiger partial charge in [0, 0.05) is 6.08 Å². The van der Waals surface area contributed by atoms with Crippen LogP contribution in [-0.4, -0.2) is 47.5 Å². The zero-order valence-electron chi connectivity index (χ0n) is 16.5. The van der Waals surface area contributed by atoms with Gasteiger partial charge in [0.15, 0.2) is 23.0 Å². The van der Waals surface area contributed by atoms with Crippen LogP contribution in [0.1, 0.15) is 5.56 Å². The van der Waals surface area contributed by atoms with Crippen LogP contribution < -0.4 is 29.0 Å². The van der Waals surface area contributed by atoms with E-state index in [9.17, 15) is 4.79 Å². The third-order valence-corrected chi connectivity index (χ3v) is 3.84. The highest BCUT2D eigenvalue weighted by Crippen LogP contribution is 2.38. The summed E-state index contributed by atoms with van der Waals surface area (Å²) in [7, 11) is 6.20. The number of amides is 1. The summed E-state index contributed by atoms with van der Waals surface area (Å²) < 4.78 is 26.7. The Morgan fingerprint density at radius 1 is 0.893 bits per heavy atom. The number of ether oxygens (including phenoxy) is 5. The minimum absolute atomic E-state index is 0.239. The van der Waals surface area contributed by atoms with Gasteiger partial charge < -0.3 is 29.0 Å². The maximum atomic E-state index is 12.0. The van der Waals surface area contributed by atoms with Crippen LogP contribution in [-0.2, 0) is 4.79 Å². The Morgan fingerprint density at radius 3 is 2.07 bits per heavy atom. The molecule has 0 saturated carbocycles. The molecular formula is C21H25NO6. The maximum Gasteiger partial charge on any atom is 0.244 e. The van der Waals surface area contributed by atoms with Gasteiger partial charge in [0.05, 0.1) is 35.0 Å². The first-order chi connectivity index (χ1) is 13.6. The maximum absolute atomic E-state index is 12.0. The quantitative estimate of drug-likeness (QED) is 0.499. The predicted octanol–water partition coefficient (Wildman–Crippen LogP) is 2.93. The molecule has 0 spiro atoms. The Morgan fingerprint density at radius 2 is 1.50 bits per heavy atom. The lowest BCUT2D eigenvalue weighted by Gasteiger charge is -2.12. The van der Waals surface area contributed by atoms with Crippen LogP contribution in [0.4, 0.5) is 0 Å². The number of nitrogens with one attached hydrogen (secondary N) is 1. The highest BCUT2D eigenvalue weighted by molar-refractivity contribution is 5.91. The van der Waals surface area contributed by atoms with E-state index >= 15 is 0 Å². The van der Waals surface area contributed by atoms with Gasteiger partial charge >= 0.3 is 0 Å². The van der Waals surface area contributed by atoms with Gasteiger partial charge in [-0.2, -0.15) is 0 Å². The average molecular weight is 387 g/mol. The van der Waals surface area contributed by atoms with Crippen molar-refractivity contribution in [1.82, 2.24) is 5.32 Å². The highest BCUT2D eigenvalue weighted by atomic mass is 16.5. The fourth-order valence-corrected chi connectivity index (χ4v) is 2.50. The van der Waals surface area contributed by atoms with Crippen molar-refractivity contribution in [1.29, 1.82) is 0 Å². The molecule has 150 valence electrons. The molecule has 7 heteroatoms. The van der Waals surface area contributed by atoms with E-state index in [1.165, 1.54) is 13.2 Å². The smallest absolute Gasteiger partial charge is 0.244 e. The number of carbonyl (C=O) groups excluding carboxylic acids is 1. The summed E-state index contributed by atoms with van der Waals surface area (Å²) in [6.45, 7) is 0.681. The first-order valence-electron chi connectivity index (χ1n) is 8.64. The molecule has 2 aromatic carbocycles. The fourth-order valence-electron chi connectivity index (χ4n) is 2.50. The fraction of sp³-hybridized carbons (Fsp3) is 0.286. The highest BCUT2D eigenvalue weighted by Gasteiger charge is 2.12. The van der Waals surface area contributed by atoms with Crippen LogP contribution in [0, 0.1) is 0 Å². The van der Waals surface area contributed by atoms with Gasteiger partial charge in [0.2, 0.25) is 11.7 Å². The van der Waals surface area contributed by atoms with Crippen molar-refractivity contribution in [3.05, 3.63) is 48.0 Å². The summed E-state index contributed by atoms with van der Waals surface area (Å²) >= 11 is 0. The number of benzene rings is 2. The van der Waals surface area contributed by atoms with Gasteiger partial charge in [-0.3, -0.25) is 4.79 Å². The van der Waals surface area contributed by atoms with Crippen molar-refractivity contribution in [2.24, 2.45) is 0 Å². The van der Waals surface area contributed by atoms with E-state index in [2.05, 4.69) is 5.32 Å². The number of carbonyl (C=O) groups is 1. The van der Waals surface area contributed by atoms with Gasteiger partial charge in [-0.05, 0) is 35.9 Å². The zero-order chi connectivity index (χ0) is 20.4. The second-order valence-corrected chi connectivity index (χ2v) is 5.58. The lowest BCUT2D eigenvalue weighted by Crippen LogP contribution is -2.26. The van der Waals surface area contributed by atoms with Crippen LogP contribution in [0.3, 0.4) is 0 Å². The summed E-state index contributed by atoms with van der Waals surface area (Å²) in [6.07, 6.45) is 3.10. The zero-order valence-corrected chi connectivity index (χ0v) is 16.5. The molecule has 0 radical (unpaired) electrons. The summed E-state index contributed by atoms with van der Waals surface area (Å²) in [5, 5.41) is 2.76. The van der Waals surface area contributed by atoms with E-state index in [4.69, 9.17) is 23.7 Å². The van der Waals surface area contributed by atoms with E-state index in [1.54, 1.807) is 39.5 Å². The van der Waals surface area contributed by atoms with Crippen molar-refractivity contribution in [2.75, 3.05) is 41.6 Å². The van der Waals surface area contributed by atoms with Gasteiger partial charge in [-0.15, -0.1) is 0 Å². The van der Waals surface area contributed by atoms with Crippen LogP contribution >= 0.6 is 0 Å². The van der Waals surface area contributed by atoms with Crippen LogP contribution in [0.15, 0.2) is 42.5 Å². The van der Waals surface area contributed by atoms with Crippen LogP contribution in [0.5, 0.6) is 28.7 Å². The number of hydrogen-bond donors (Lipinski definition) is 1. The lowest BCUT2D eigenvalue weighted by atomic mass is 10.1. The molecule has 28 heavy (non-hydrogen) atoms. The standard InChI is InChI=1S/C21H25NO6/c1-24-16-7-5-6-8-17(16)28-12-11-22-20(23)10-9-15-13-18(25-2)21(27-4)19(14-15)26-3/h5-10,13-14H,11-12H2,1-4H3,(H,22,23)/b10-9+. The Hall–Kier alpha value is -3.35. The van der Waals surface area contributed by atoms with E-state index in [0.29, 0.717) is 41.9 Å². The van der Waals surface area contributed by atoms with Gasteiger partial charge in [-0.1, -0.05) is 12.1 Å². The Balaban J connectivity index is 1.90. The monoisotopic (exact) mass is 387 g/mol. The lowest BCUT2D eigenvalue weighted by molar-refractivity contribution is -0.116. The van der Waals surface area contributed by atoms with E-state index in [1.807, 2.05) is 24.3 Å². The van der Waals surface area contributed by atoms with E-state index in [-0.39, 0.29) is 5.91 Å². The van der Waals surface area contributed by atoms with Crippen molar-refractivity contribution >= 4 is 12.0 Å². The second kappa shape index (κ2) is 10.7.